The standard InChI is InChI=1S/C13H22N2O3/c1-10(2)5-3-7-14-13(17)15-9-11(16)12-6-4-8-18-12/h4,6,8,10-11,16H,3,5,7,9H2,1-2H3,(H2,14,15,17). The second-order valence-corrected chi connectivity index (χ2v) is 4.70. The summed E-state index contributed by atoms with van der Waals surface area (Å²) >= 11 is 0. The molecule has 0 spiro atoms. The molecule has 0 saturated heterocycles. The van der Waals surface area contributed by atoms with Crippen LogP contribution in [0.4, 0.5) is 4.79 Å². The van der Waals surface area contributed by atoms with Gasteiger partial charge in [0.2, 0.25) is 0 Å². The first-order valence-corrected chi connectivity index (χ1v) is 6.32. The van der Waals surface area contributed by atoms with Gasteiger partial charge < -0.3 is 20.2 Å². The van der Waals surface area contributed by atoms with E-state index in [-0.39, 0.29) is 12.6 Å². The maximum absolute atomic E-state index is 11.4. The number of hydrogen-bond donors (Lipinski definition) is 3. The topological polar surface area (TPSA) is 74.5 Å². The fourth-order valence-corrected chi connectivity index (χ4v) is 1.55. The van der Waals surface area contributed by atoms with Crippen molar-refractivity contribution in [1.82, 2.24) is 10.6 Å². The molecule has 0 saturated carbocycles. The zero-order valence-corrected chi connectivity index (χ0v) is 11.0. The summed E-state index contributed by atoms with van der Waals surface area (Å²) in [6.45, 7) is 5.10. The van der Waals surface area contributed by atoms with Crippen LogP contribution in [0, 0.1) is 5.92 Å². The van der Waals surface area contributed by atoms with Gasteiger partial charge in [0.15, 0.2) is 0 Å². The first-order chi connectivity index (χ1) is 8.59. The molecule has 2 amide bonds. The van der Waals surface area contributed by atoms with Gasteiger partial charge in [0.05, 0.1) is 12.8 Å². The van der Waals surface area contributed by atoms with E-state index in [2.05, 4.69) is 24.5 Å². The van der Waals surface area contributed by atoms with Crippen molar-refractivity contribution in [3.63, 3.8) is 0 Å². The molecule has 0 fully saturated rings. The zero-order chi connectivity index (χ0) is 13.4. The van der Waals surface area contributed by atoms with Crippen LogP contribution < -0.4 is 10.6 Å². The Morgan fingerprint density at radius 2 is 2.22 bits per heavy atom. The van der Waals surface area contributed by atoms with E-state index in [9.17, 15) is 9.90 Å². The zero-order valence-electron chi connectivity index (χ0n) is 11.0. The highest BCUT2D eigenvalue weighted by Gasteiger charge is 2.11. The molecule has 1 heterocycles. The third-order valence-corrected chi connectivity index (χ3v) is 2.57. The smallest absolute Gasteiger partial charge is 0.314 e. The van der Waals surface area contributed by atoms with Gasteiger partial charge in [-0.15, -0.1) is 0 Å². The quantitative estimate of drug-likeness (QED) is 0.652. The van der Waals surface area contributed by atoms with E-state index in [1.165, 1.54) is 6.26 Å². The third kappa shape index (κ3) is 5.72. The van der Waals surface area contributed by atoms with Crippen molar-refractivity contribution in [2.75, 3.05) is 13.1 Å². The van der Waals surface area contributed by atoms with E-state index in [0.717, 1.165) is 12.8 Å². The van der Waals surface area contributed by atoms with Crippen molar-refractivity contribution in [2.45, 2.75) is 32.8 Å². The average molecular weight is 254 g/mol. The number of hydrogen-bond acceptors (Lipinski definition) is 3. The summed E-state index contributed by atoms with van der Waals surface area (Å²) in [5.74, 6) is 1.10. The number of furan rings is 1. The lowest BCUT2D eigenvalue weighted by Crippen LogP contribution is -2.38. The van der Waals surface area contributed by atoms with Gasteiger partial charge in [-0.25, -0.2) is 4.79 Å². The second-order valence-electron chi connectivity index (χ2n) is 4.70. The maximum Gasteiger partial charge on any atom is 0.314 e. The van der Waals surface area contributed by atoms with Crippen molar-refractivity contribution in [2.24, 2.45) is 5.92 Å². The SMILES string of the molecule is CC(C)CCCNC(=O)NCC(O)c1ccco1. The number of carbonyl (C=O) groups is 1. The lowest BCUT2D eigenvalue weighted by atomic mass is 10.1. The van der Waals surface area contributed by atoms with Gasteiger partial charge >= 0.3 is 6.03 Å². The van der Waals surface area contributed by atoms with E-state index in [0.29, 0.717) is 18.2 Å². The predicted molar refractivity (Wildman–Crippen MR) is 69.1 cm³/mol. The molecule has 18 heavy (non-hydrogen) atoms. The summed E-state index contributed by atoms with van der Waals surface area (Å²) in [4.78, 5) is 11.4. The molecule has 1 aromatic heterocycles. The molecule has 0 aliphatic carbocycles. The summed E-state index contributed by atoms with van der Waals surface area (Å²) in [5.41, 5.74) is 0. The molecule has 1 unspecified atom stereocenters. The molecule has 0 bridgehead atoms. The summed E-state index contributed by atoms with van der Waals surface area (Å²) in [6.07, 6.45) is 2.74. The molecule has 1 rings (SSSR count). The highest BCUT2D eigenvalue weighted by atomic mass is 16.4. The molecular formula is C13H22N2O3. The summed E-state index contributed by atoms with van der Waals surface area (Å²) in [7, 11) is 0. The van der Waals surface area contributed by atoms with Crippen LogP contribution in [0.2, 0.25) is 0 Å². The Kier molecular flexibility index (Phi) is 6.28. The van der Waals surface area contributed by atoms with Crippen LogP contribution in [0.25, 0.3) is 0 Å². The first-order valence-electron chi connectivity index (χ1n) is 6.32. The van der Waals surface area contributed by atoms with Gasteiger partial charge in [-0.2, -0.15) is 0 Å². The monoisotopic (exact) mass is 254 g/mol. The molecule has 0 aliphatic rings. The molecule has 1 atom stereocenters. The lowest BCUT2D eigenvalue weighted by molar-refractivity contribution is 0.148. The fourth-order valence-electron chi connectivity index (χ4n) is 1.55. The van der Waals surface area contributed by atoms with Crippen molar-refractivity contribution in [3.05, 3.63) is 24.2 Å². The Hall–Kier alpha value is -1.49. The van der Waals surface area contributed by atoms with Gasteiger partial charge in [0.1, 0.15) is 11.9 Å². The number of aliphatic hydroxyl groups is 1. The van der Waals surface area contributed by atoms with Crippen molar-refractivity contribution in [3.8, 4) is 0 Å². The van der Waals surface area contributed by atoms with Gasteiger partial charge in [0.25, 0.3) is 0 Å². The van der Waals surface area contributed by atoms with Gasteiger partial charge in [0, 0.05) is 6.54 Å². The number of aliphatic hydroxyl groups excluding tert-OH is 1. The Balaban J connectivity index is 2.10. The molecular weight excluding hydrogens is 232 g/mol. The maximum atomic E-state index is 11.4. The molecule has 1 aromatic rings. The van der Waals surface area contributed by atoms with Gasteiger partial charge in [-0.05, 0) is 30.9 Å². The Bertz CT molecular complexity index is 336. The van der Waals surface area contributed by atoms with E-state index in [1.807, 2.05) is 0 Å². The van der Waals surface area contributed by atoms with Crippen LogP contribution in [-0.2, 0) is 0 Å². The van der Waals surface area contributed by atoms with Crippen molar-refractivity contribution < 1.29 is 14.3 Å². The van der Waals surface area contributed by atoms with Crippen molar-refractivity contribution >= 4 is 6.03 Å². The minimum absolute atomic E-state index is 0.142. The van der Waals surface area contributed by atoms with Crippen LogP contribution in [0.3, 0.4) is 0 Å². The van der Waals surface area contributed by atoms with Crippen LogP contribution in [0.5, 0.6) is 0 Å². The summed E-state index contributed by atoms with van der Waals surface area (Å²) in [5, 5.41) is 15.0. The highest BCUT2D eigenvalue weighted by molar-refractivity contribution is 5.73. The second kappa shape index (κ2) is 7.76. The van der Waals surface area contributed by atoms with E-state index in [4.69, 9.17) is 4.42 Å². The minimum atomic E-state index is -0.804. The third-order valence-electron chi connectivity index (χ3n) is 2.57. The number of urea groups is 1. The van der Waals surface area contributed by atoms with Crippen LogP contribution in [-0.4, -0.2) is 24.2 Å². The van der Waals surface area contributed by atoms with Crippen LogP contribution in [0.1, 0.15) is 38.6 Å². The van der Waals surface area contributed by atoms with E-state index < -0.39 is 6.10 Å². The molecule has 5 nitrogen and oxygen atoms in total. The van der Waals surface area contributed by atoms with E-state index >= 15 is 0 Å². The number of carbonyl (C=O) groups excluding carboxylic acids is 1. The Morgan fingerprint density at radius 1 is 1.44 bits per heavy atom. The molecule has 0 aliphatic heterocycles. The number of rotatable bonds is 7. The average Bonchev–Trinajstić information content (AvgIpc) is 2.85. The van der Waals surface area contributed by atoms with Gasteiger partial charge in [-0.1, -0.05) is 13.8 Å². The highest BCUT2D eigenvalue weighted by Crippen LogP contribution is 2.11. The number of nitrogens with one attached hydrogen (secondary N) is 2. The molecule has 102 valence electrons. The Labute approximate surface area is 108 Å². The normalized spacial score (nSPS) is 12.4. The molecule has 3 N–H and O–H groups in total. The summed E-state index contributed by atoms with van der Waals surface area (Å²) < 4.78 is 5.03. The van der Waals surface area contributed by atoms with Gasteiger partial charge in [-0.3, -0.25) is 0 Å². The molecule has 0 aromatic carbocycles. The predicted octanol–water partition coefficient (Wildman–Crippen LogP) is 2.05. The fraction of sp³-hybridized carbons (Fsp3) is 0.615. The molecule has 0 radical (unpaired) electrons. The lowest BCUT2D eigenvalue weighted by Gasteiger charge is -2.11. The largest absolute Gasteiger partial charge is 0.467 e. The minimum Gasteiger partial charge on any atom is -0.467 e. The Morgan fingerprint density at radius 3 is 2.83 bits per heavy atom. The summed E-state index contributed by atoms with van der Waals surface area (Å²) in [6, 6.07) is 3.11. The number of amides is 2. The molecule has 5 heteroatoms. The first kappa shape index (κ1) is 14.6. The van der Waals surface area contributed by atoms with E-state index in [1.54, 1.807) is 12.1 Å². The van der Waals surface area contributed by atoms with Crippen LogP contribution >= 0.6 is 0 Å². The van der Waals surface area contributed by atoms with Crippen molar-refractivity contribution in [1.29, 1.82) is 0 Å². The van der Waals surface area contributed by atoms with Crippen LogP contribution in [0.15, 0.2) is 22.8 Å².